The molecule has 0 amide bonds. The fraction of sp³-hybridized carbons (Fsp3) is 0.200. The average Bonchev–Trinajstić information content (AvgIpc) is 2.15. The van der Waals surface area contributed by atoms with Gasteiger partial charge in [-0.3, -0.25) is 0 Å². The predicted octanol–water partition coefficient (Wildman–Crippen LogP) is 1.28. The molecule has 2 nitrogen and oxygen atoms in total. The third kappa shape index (κ3) is 2.49. The average molecular weight is 163 g/mol. The number of hydrogen-bond acceptors (Lipinski definition) is 1. The van der Waals surface area contributed by atoms with Crippen molar-refractivity contribution >= 4 is 5.69 Å². The van der Waals surface area contributed by atoms with Crippen LogP contribution in [0.2, 0.25) is 0 Å². The number of rotatable bonds is 4. The molecule has 0 saturated heterocycles. The number of hydrogen-bond donors (Lipinski definition) is 1. The summed E-state index contributed by atoms with van der Waals surface area (Å²) in [7, 11) is 0. The van der Waals surface area contributed by atoms with Crippen LogP contribution in [-0.2, 0) is 0 Å². The van der Waals surface area contributed by atoms with Gasteiger partial charge in [-0.05, 0) is 12.1 Å². The minimum atomic E-state index is 0.190. The highest BCUT2D eigenvalue weighted by molar-refractivity contribution is 5.27. The van der Waals surface area contributed by atoms with Crippen LogP contribution in [0.4, 0.5) is 5.69 Å². The fourth-order valence-electron chi connectivity index (χ4n) is 1.00. The lowest BCUT2D eigenvalue weighted by molar-refractivity contribution is -0.775. The zero-order chi connectivity index (χ0) is 8.81. The maximum Gasteiger partial charge on any atom is 0.131 e. The molecule has 0 bridgehead atoms. The van der Waals surface area contributed by atoms with E-state index in [9.17, 15) is 5.21 Å². The number of benzene rings is 1. The van der Waals surface area contributed by atoms with Crippen molar-refractivity contribution in [3.63, 3.8) is 0 Å². The van der Waals surface area contributed by atoms with Gasteiger partial charge in [-0.2, -0.15) is 0 Å². The van der Waals surface area contributed by atoms with E-state index in [1.165, 1.54) is 0 Å². The maximum absolute atomic E-state index is 11.4. The fourth-order valence-corrected chi connectivity index (χ4v) is 1.00. The van der Waals surface area contributed by atoms with Crippen molar-refractivity contribution < 1.29 is 5.06 Å². The van der Waals surface area contributed by atoms with Gasteiger partial charge in [-0.15, -0.1) is 6.58 Å². The molecule has 0 fully saturated rings. The molecule has 12 heavy (non-hydrogen) atoms. The van der Waals surface area contributed by atoms with Gasteiger partial charge in [-0.1, -0.05) is 24.3 Å². The van der Waals surface area contributed by atoms with Crippen molar-refractivity contribution in [2.24, 2.45) is 0 Å². The Morgan fingerprint density at radius 1 is 1.33 bits per heavy atom. The largest absolute Gasteiger partial charge is 0.629 e. The summed E-state index contributed by atoms with van der Waals surface area (Å²) in [6, 6.07) is 9.34. The Bertz CT molecular complexity index is 233. The van der Waals surface area contributed by atoms with Crippen LogP contribution in [0.3, 0.4) is 0 Å². The van der Waals surface area contributed by atoms with Crippen molar-refractivity contribution in [3.8, 4) is 0 Å². The minimum Gasteiger partial charge on any atom is -0.629 e. The Balaban J connectivity index is 2.53. The van der Waals surface area contributed by atoms with Crippen molar-refractivity contribution in [2.45, 2.75) is 6.42 Å². The predicted molar refractivity (Wildman–Crippen MR) is 50.1 cm³/mol. The molecule has 64 valence electrons. The van der Waals surface area contributed by atoms with E-state index < -0.39 is 0 Å². The second-order valence-corrected chi connectivity index (χ2v) is 2.62. The van der Waals surface area contributed by atoms with Crippen LogP contribution in [0, 0.1) is 5.21 Å². The standard InChI is InChI=1S/C10H13NO/c1-2-3-9-11(12)10-7-5-4-6-8-10/h2,4-8,11H,1,3,9H2. The van der Waals surface area contributed by atoms with Crippen LogP contribution in [0.15, 0.2) is 43.0 Å². The Morgan fingerprint density at radius 2 is 2.00 bits per heavy atom. The SMILES string of the molecule is C=CCC[NH+]([O-])c1ccccc1. The Kier molecular flexibility index (Phi) is 3.51. The first kappa shape index (κ1) is 8.97. The van der Waals surface area contributed by atoms with Gasteiger partial charge in [-0.25, -0.2) is 0 Å². The molecule has 1 N–H and O–H groups in total. The van der Waals surface area contributed by atoms with Gasteiger partial charge in [0.2, 0.25) is 0 Å². The highest BCUT2D eigenvalue weighted by Crippen LogP contribution is 1.97. The van der Waals surface area contributed by atoms with Gasteiger partial charge in [0.15, 0.2) is 0 Å². The van der Waals surface area contributed by atoms with Gasteiger partial charge in [0.25, 0.3) is 0 Å². The Hall–Kier alpha value is -1.12. The summed E-state index contributed by atoms with van der Waals surface area (Å²) in [5.41, 5.74) is 0.791. The molecule has 0 aliphatic rings. The van der Waals surface area contributed by atoms with E-state index in [-0.39, 0.29) is 5.06 Å². The monoisotopic (exact) mass is 163 g/mol. The first-order chi connectivity index (χ1) is 5.84. The third-order valence-electron chi connectivity index (χ3n) is 1.67. The van der Waals surface area contributed by atoms with Crippen LogP contribution >= 0.6 is 0 Å². The molecule has 1 aromatic rings. The van der Waals surface area contributed by atoms with Crippen LogP contribution in [0.1, 0.15) is 6.42 Å². The lowest BCUT2D eigenvalue weighted by Crippen LogP contribution is -3.01. The van der Waals surface area contributed by atoms with E-state index in [1.807, 2.05) is 30.3 Å². The Labute approximate surface area is 72.7 Å². The molecule has 0 saturated carbocycles. The van der Waals surface area contributed by atoms with E-state index >= 15 is 0 Å². The van der Waals surface area contributed by atoms with Gasteiger partial charge in [0.05, 0.1) is 6.54 Å². The molecule has 0 aromatic heterocycles. The summed E-state index contributed by atoms with van der Waals surface area (Å²) in [4.78, 5) is 0. The first-order valence-corrected chi connectivity index (χ1v) is 4.03. The van der Waals surface area contributed by atoms with Crippen LogP contribution in [-0.4, -0.2) is 6.54 Å². The summed E-state index contributed by atoms with van der Waals surface area (Å²) in [6.07, 6.45) is 2.52. The van der Waals surface area contributed by atoms with Crippen LogP contribution in [0.25, 0.3) is 0 Å². The van der Waals surface area contributed by atoms with Crippen molar-refractivity contribution in [1.82, 2.24) is 0 Å². The molecular formula is C10H13NO. The molecule has 0 aliphatic carbocycles. The zero-order valence-electron chi connectivity index (χ0n) is 6.99. The summed E-state index contributed by atoms with van der Waals surface area (Å²) >= 11 is 0. The number of nitrogens with one attached hydrogen (secondary N) is 1. The quantitative estimate of drug-likeness (QED) is 0.525. The smallest absolute Gasteiger partial charge is 0.131 e. The second kappa shape index (κ2) is 4.70. The second-order valence-electron chi connectivity index (χ2n) is 2.62. The zero-order valence-corrected chi connectivity index (χ0v) is 6.99. The van der Waals surface area contributed by atoms with Crippen LogP contribution in [0.5, 0.6) is 0 Å². The summed E-state index contributed by atoms with van der Waals surface area (Å²) in [5, 5.41) is 11.5. The highest BCUT2D eigenvalue weighted by Gasteiger charge is 1.97. The lowest BCUT2D eigenvalue weighted by Gasteiger charge is -2.20. The molecule has 1 aromatic carbocycles. The molecule has 1 atom stereocenters. The molecule has 1 rings (SSSR count). The summed E-state index contributed by atoms with van der Waals surface area (Å²) in [5.74, 6) is 0. The van der Waals surface area contributed by atoms with Gasteiger partial charge < -0.3 is 10.3 Å². The van der Waals surface area contributed by atoms with Gasteiger partial charge >= 0.3 is 0 Å². The molecular weight excluding hydrogens is 150 g/mol. The van der Waals surface area contributed by atoms with E-state index in [4.69, 9.17) is 0 Å². The molecule has 2 heteroatoms. The Morgan fingerprint density at radius 3 is 2.58 bits per heavy atom. The minimum absolute atomic E-state index is 0.190. The van der Waals surface area contributed by atoms with E-state index in [1.54, 1.807) is 6.08 Å². The first-order valence-electron chi connectivity index (χ1n) is 4.03. The summed E-state index contributed by atoms with van der Waals surface area (Å²) in [6.45, 7) is 4.14. The normalized spacial score (nSPS) is 12.4. The molecule has 0 aliphatic heterocycles. The molecule has 1 unspecified atom stereocenters. The van der Waals surface area contributed by atoms with Gasteiger partial charge in [0, 0.05) is 6.42 Å². The number of hydroxylamine groups is 1. The third-order valence-corrected chi connectivity index (χ3v) is 1.67. The van der Waals surface area contributed by atoms with Crippen LogP contribution < -0.4 is 5.06 Å². The van der Waals surface area contributed by atoms with E-state index in [0.717, 1.165) is 12.1 Å². The summed E-state index contributed by atoms with van der Waals surface area (Å²) < 4.78 is 0. The van der Waals surface area contributed by atoms with Gasteiger partial charge in [0.1, 0.15) is 5.69 Å². The molecule has 0 radical (unpaired) electrons. The van der Waals surface area contributed by atoms with E-state index in [0.29, 0.717) is 6.54 Å². The van der Waals surface area contributed by atoms with E-state index in [2.05, 4.69) is 6.58 Å². The lowest BCUT2D eigenvalue weighted by atomic mass is 10.3. The maximum atomic E-state index is 11.4. The molecule has 0 spiro atoms. The number of quaternary nitrogens is 1. The van der Waals surface area contributed by atoms with Crippen molar-refractivity contribution in [1.29, 1.82) is 0 Å². The molecule has 0 heterocycles. The number of para-hydroxylation sites is 1. The highest BCUT2D eigenvalue weighted by atomic mass is 16.5. The van der Waals surface area contributed by atoms with Crippen molar-refractivity contribution in [2.75, 3.05) is 6.54 Å². The topological polar surface area (TPSA) is 27.5 Å². The van der Waals surface area contributed by atoms with Crippen molar-refractivity contribution in [3.05, 3.63) is 48.2 Å².